The molecule has 10 aliphatic rings. The minimum atomic E-state index is 0.222. The van der Waals surface area contributed by atoms with Crippen LogP contribution in [0.4, 0.5) is 34.1 Å². The van der Waals surface area contributed by atoms with Crippen LogP contribution in [0.2, 0.25) is 0 Å². The van der Waals surface area contributed by atoms with E-state index in [-0.39, 0.29) is 10.8 Å². The Morgan fingerprint density at radius 3 is 0.935 bits per heavy atom. The molecule has 0 atom stereocenters. The standard InChI is InChI=1S/C58H52N2S2/c1-5-13-51-47(9-1)59(48-10-2-6-14-52(48)61-51)41-17-19-43-45(27-41)55(57-29-35-21-36(30-57)23-37(22-35)31-57)44-20-18-42(60-49-11-3-7-15-53(49)62-54-16-8-4-12-50(54)60)28-46(44)56(43)58-32-38-24-39(33-58)26-40(25-38)34-58/h1-20,27-28,35-40H,21-26,29-34H2. The first kappa shape index (κ1) is 35.8. The summed E-state index contributed by atoms with van der Waals surface area (Å²) in [6.07, 6.45) is 16.9. The summed E-state index contributed by atoms with van der Waals surface area (Å²) < 4.78 is 0. The van der Waals surface area contributed by atoms with E-state index in [1.807, 2.05) is 23.5 Å². The van der Waals surface area contributed by atoms with Gasteiger partial charge in [-0.1, -0.05) is 84.2 Å². The van der Waals surface area contributed by atoms with Crippen LogP contribution in [0.5, 0.6) is 0 Å². The number of hydrogen-bond donors (Lipinski definition) is 0. The van der Waals surface area contributed by atoms with Gasteiger partial charge in [-0.25, -0.2) is 0 Å². The average molecular weight is 841 g/mol. The zero-order chi connectivity index (χ0) is 40.3. The Morgan fingerprint density at radius 1 is 0.339 bits per heavy atom. The van der Waals surface area contributed by atoms with Crippen molar-refractivity contribution in [3.8, 4) is 0 Å². The third-order valence-corrected chi connectivity index (χ3v) is 19.9. The van der Waals surface area contributed by atoms with Crippen LogP contribution in [0, 0.1) is 35.5 Å². The first-order valence-electron chi connectivity index (χ1n) is 23.9. The number of anilines is 6. The van der Waals surface area contributed by atoms with Gasteiger partial charge in [0.2, 0.25) is 0 Å². The minimum absolute atomic E-state index is 0.222. The molecule has 2 aliphatic heterocycles. The van der Waals surface area contributed by atoms with Gasteiger partial charge in [0, 0.05) is 31.0 Å². The van der Waals surface area contributed by atoms with E-state index < -0.39 is 0 Å². The molecule has 7 aromatic rings. The topological polar surface area (TPSA) is 6.48 Å². The second-order valence-electron chi connectivity index (χ2n) is 21.4. The van der Waals surface area contributed by atoms with Gasteiger partial charge in [-0.2, -0.15) is 0 Å². The number of fused-ring (bicyclic) bond motifs is 6. The molecule has 0 N–H and O–H groups in total. The van der Waals surface area contributed by atoms with E-state index in [0.29, 0.717) is 0 Å². The van der Waals surface area contributed by atoms with Crippen LogP contribution in [-0.4, -0.2) is 0 Å². The number of hydrogen-bond acceptors (Lipinski definition) is 4. The summed E-state index contributed by atoms with van der Waals surface area (Å²) in [6.45, 7) is 0. The van der Waals surface area contributed by atoms with Crippen molar-refractivity contribution in [1.29, 1.82) is 0 Å². The molecule has 0 aromatic heterocycles. The quantitative estimate of drug-likeness (QED) is 0.163. The third kappa shape index (κ3) is 5.09. The van der Waals surface area contributed by atoms with Crippen LogP contribution in [0.15, 0.2) is 153 Å². The summed E-state index contributed by atoms with van der Waals surface area (Å²) in [4.78, 5) is 10.6. The molecule has 8 aliphatic carbocycles. The van der Waals surface area contributed by atoms with Crippen LogP contribution in [0.1, 0.15) is 88.2 Å². The van der Waals surface area contributed by atoms with Crippen molar-refractivity contribution in [2.45, 2.75) is 107 Å². The molecule has 0 unspecified atom stereocenters. The smallest absolute Gasteiger partial charge is 0.0601 e. The van der Waals surface area contributed by atoms with Gasteiger partial charge in [-0.15, -0.1) is 0 Å². The predicted octanol–water partition coefficient (Wildman–Crippen LogP) is 16.8. The van der Waals surface area contributed by atoms with Crippen LogP contribution in [-0.2, 0) is 10.8 Å². The molecule has 0 spiro atoms. The summed E-state index contributed by atoms with van der Waals surface area (Å²) >= 11 is 3.84. The van der Waals surface area contributed by atoms with Crippen molar-refractivity contribution < 1.29 is 0 Å². The minimum Gasteiger partial charge on any atom is -0.308 e. The predicted molar refractivity (Wildman–Crippen MR) is 259 cm³/mol. The van der Waals surface area contributed by atoms with Gasteiger partial charge in [0.1, 0.15) is 0 Å². The Balaban J connectivity index is 1.04. The summed E-state index contributed by atoms with van der Waals surface area (Å²) in [5.41, 5.74) is 11.7. The molecule has 2 heterocycles. The Morgan fingerprint density at radius 2 is 0.629 bits per heavy atom. The molecule has 8 saturated carbocycles. The molecule has 0 saturated heterocycles. The Bertz CT molecular complexity index is 2670. The van der Waals surface area contributed by atoms with Gasteiger partial charge >= 0.3 is 0 Å². The zero-order valence-electron chi connectivity index (χ0n) is 35.4. The van der Waals surface area contributed by atoms with E-state index in [1.54, 1.807) is 32.7 Å². The molecule has 8 bridgehead atoms. The molecule has 4 heteroatoms. The summed E-state index contributed by atoms with van der Waals surface area (Å²) in [7, 11) is 0. The number of nitrogens with zero attached hydrogens (tertiary/aromatic N) is 2. The summed E-state index contributed by atoms with van der Waals surface area (Å²) in [6, 6.07) is 52.3. The Labute approximate surface area is 374 Å². The first-order chi connectivity index (χ1) is 30.5. The van der Waals surface area contributed by atoms with Crippen LogP contribution in [0.3, 0.4) is 0 Å². The fourth-order valence-corrected chi connectivity index (χ4v) is 18.5. The Hall–Kier alpha value is -4.64. The SMILES string of the molecule is c1ccc2c(c1)Sc1ccccc1N2c1ccc2c(C34CC5CC(CC(C5)C3)C4)c3cc(N4c5ccccc5Sc5ccccc54)ccc3c(C34CC5CC(CC(C5)C3)C4)c2c1. The molecule has 0 amide bonds. The van der Waals surface area contributed by atoms with E-state index >= 15 is 0 Å². The van der Waals surface area contributed by atoms with E-state index in [0.717, 1.165) is 35.5 Å². The lowest BCUT2D eigenvalue weighted by atomic mass is 9.46. The van der Waals surface area contributed by atoms with Crippen molar-refractivity contribution in [2.24, 2.45) is 35.5 Å². The highest BCUT2D eigenvalue weighted by atomic mass is 32.2. The lowest BCUT2D eigenvalue weighted by molar-refractivity contribution is -0.00493. The first-order valence-corrected chi connectivity index (χ1v) is 25.5. The maximum Gasteiger partial charge on any atom is 0.0601 e. The lowest BCUT2D eigenvalue weighted by Crippen LogP contribution is -2.49. The molecule has 2 nitrogen and oxygen atoms in total. The van der Waals surface area contributed by atoms with Gasteiger partial charge in [0.15, 0.2) is 0 Å². The molecule has 7 aromatic carbocycles. The van der Waals surface area contributed by atoms with Crippen LogP contribution >= 0.6 is 23.5 Å². The fourth-order valence-electron chi connectivity index (χ4n) is 16.4. The highest BCUT2D eigenvalue weighted by Crippen LogP contribution is 2.67. The van der Waals surface area contributed by atoms with E-state index in [9.17, 15) is 0 Å². The summed E-state index contributed by atoms with van der Waals surface area (Å²) in [5.74, 6) is 5.21. The second-order valence-corrected chi connectivity index (χ2v) is 23.5. The van der Waals surface area contributed by atoms with Gasteiger partial charge in [0.05, 0.1) is 22.7 Å². The maximum atomic E-state index is 2.72. The van der Waals surface area contributed by atoms with Crippen LogP contribution in [0.25, 0.3) is 21.5 Å². The average Bonchev–Trinajstić information content (AvgIpc) is 3.27. The normalized spacial score (nSPS) is 30.7. The monoisotopic (exact) mass is 840 g/mol. The highest BCUT2D eigenvalue weighted by Gasteiger charge is 2.55. The molecule has 17 rings (SSSR count). The molecule has 8 fully saturated rings. The highest BCUT2D eigenvalue weighted by molar-refractivity contribution is 8.00. The van der Waals surface area contributed by atoms with E-state index in [1.165, 1.54) is 131 Å². The Kier molecular flexibility index (Phi) is 7.49. The van der Waals surface area contributed by atoms with Gasteiger partial charge < -0.3 is 9.80 Å². The zero-order valence-corrected chi connectivity index (χ0v) is 37.0. The molecule has 0 radical (unpaired) electrons. The van der Waals surface area contributed by atoms with Gasteiger partial charge in [-0.05, 0) is 229 Å². The largest absolute Gasteiger partial charge is 0.308 e. The number of rotatable bonds is 4. The van der Waals surface area contributed by atoms with Crippen LogP contribution < -0.4 is 9.80 Å². The van der Waals surface area contributed by atoms with E-state index in [4.69, 9.17) is 0 Å². The fraction of sp³-hybridized carbons (Fsp3) is 0.345. The van der Waals surface area contributed by atoms with Crippen molar-refractivity contribution in [2.75, 3.05) is 9.80 Å². The molecular formula is C58H52N2S2. The van der Waals surface area contributed by atoms with Gasteiger partial charge in [-0.3, -0.25) is 0 Å². The van der Waals surface area contributed by atoms with E-state index in [2.05, 4.69) is 143 Å². The molecular weight excluding hydrogens is 789 g/mol. The van der Waals surface area contributed by atoms with Crippen molar-refractivity contribution >= 4 is 79.2 Å². The van der Waals surface area contributed by atoms with Gasteiger partial charge in [0.25, 0.3) is 0 Å². The lowest BCUT2D eigenvalue weighted by Gasteiger charge is -2.59. The van der Waals surface area contributed by atoms with Crippen molar-refractivity contribution in [3.05, 3.63) is 145 Å². The third-order valence-electron chi connectivity index (χ3n) is 17.6. The second kappa shape index (κ2) is 13.0. The maximum absolute atomic E-state index is 2.72. The molecule has 306 valence electrons. The number of benzene rings is 7. The number of para-hydroxylation sites is 4. The summed E-state index contributed by atoms with van der Waals surface area (Å²) in [5, 5.41) is 6.31. The van der Waals surface area contributed by atoms with Crippen molar-refractivity contribution in [1.82, 2.24) is 0 Å². The molecule has 62 heavy (non-hydrogen) atoms. The van der Waals surface area contributed by atoms with Crippen molar-refractivity contribution in [3.63, 3.8) is 0 Å².